The molecule has 1 aliphatic heterocycles. The second-order valence-electron chi connectivity index (χ2n) is 15.9. The molecular weight excluding hydrogens is 767 g/mol. The summed E-state index contributed by atoms with van der Waals surface area (Å²) >= 11 is 0. The van der Waals surface area contributed by atoms with E-state index in [0.29, 0.717) is 13.1 Å². The number of ether oxygens (including phenoxy) is 1. The maximum atomic E-state index is 7.39. The Bertz CT molecular complexity index is 3280. The number of nitrogens with zero attached hydrogens (tertiary/aromatic N) is 7. The fourth-order valence-electron chi connectivity index (χ4n) is 10.1. The lowest BCUT2D eigenvalue weighted by Gasteiger charge is -2.43. The van der Waals surface area contributed by atoms with Gasteiger partial charge in [0.1, 0.15) is 11.5 Å². The van der Waals surface area contributed by atoms with E-state index in [0.717, 1.165) is 56.2 Å². The monoisotopic (exact) mass is 805 g/mol. The van der Waals surface area contributed by atoms with Gasteiger partial charge in [0.2, 0.25) is 5.78 Å². The molecule has 0 aliphatic carbocycles. The molecule has 9 heteroatoms. The van der Waals surface area contributed by atoms with E-state index in [1.54, 1.807) is 0 Å². The molecule has 7 aromatic carbocycles. The second kappa shape index (κ2) is 13.9. The third kappa shape index (κ3) is 5.33. The Kier molecular flexibility index (Phi) is 8.04. The van der Waals surface area contributed by atoms with Gasteiger partial charge < -0.3 is 13.9 Å². The van der Waals surface area contributed by atoms with E-state index in [9.17, 15) is 0 Å². The summed E-state index contributed by atoms with van der Waals surface area (Å²) in [4.78, 5) is 14.2. The second-order valence-corrected chi connectivity index (χ2v) is 19.7. The molecule has 61 heavy (non-hydrogen) atoms. The molecule has 292 valence electrons. The van der Waals surface area contributed by atoms with Crippen LogP contribution in [0.1, 0.15) is 11.1 Å². The molecule has 0 unspecified atom stereocenters. The normalized spacial score (nSPS) is 13.3. The summed E-state index contributed by atoms with van der Waals surface area (Å²) in [5.41, 5.74) is 7.03. The van der Waals surface area contributed by atoms with Crippen molar-refractivity contribution in [1.82, 2.24) is 33.1 Å². The highest BCUT2D eigenvalue weighted by molar-refractivity contribution is 7.20. The first-order valence-corrected chi connectivity index (χ1v) is 22.6. The number of fused-ring (bicyclic) bond motifs is 7. The first kappa shape index (κ1) is 35.2. The molecule has 0 saturated heterocycles. The summed E-state index contributed by atoms with van der Waals surface area (Å²) < 4.78 is 16.4. The Morgan fingerprint density at radius 1 is 0.525 bits per heavy atom. The highest BCUT2D eigenvalue weighted by atomic mass is 28.3. The van der Waals surface area contributed by atoms with E-state index >= 15 is 0 Å². The third-order valence-corrected chi connectivity index (χ3v) is 17.4. The number of hydrogen-bond acceptors (Lipinski definition) is 4. The minimum Gasteiger partial charge on any atom is -0.457 e. The number of aromatic nitrogens is 7. The molecular formula is C52H39N7OSi. The Labute approximate surface area is 353 Å². The Hall–Kier alpha value is -7.75. The lowest BCUT2D eigenvalue weighted by molar-refractivity contribution is 0.322. The first-order valence-electron chi connectivity index (χ1n) is 20.6. The summed E-state index contributed by atoms with van der Waals surface area (Å²) in [6.07, 6.45) is 11.7. The zero-order valence-electron chi connectivity index (χ0n) is 33.2. The number of hydrogen-bond donors (Lipinski definition) is 0. The van der Waals surface area contributed by atoms with Crippen LogP contribution in [-0.4, -0.2) is 41.1 Å². The van der Waals surface area contributed by atoms with Gasteiger partial charge in [0.05, 0.1) is 40.1 Å². The van der Waals surface area contributed by atoms with Crippen molar-refractivity contribution >= 4 is 56.7 Å². The largest absolute Gasteiger partial charge is 0.457 e. The van der Waals surface area contributed by atoms with E-state index in [1.807, 2.05) is 25.0 Å². The number of benzene rings is 7. The molecule has 0 bridgehead atoms. The van der Waals surface area contributed by atoms with E-state index < -0.39 is 13.5 Å². The maximum absolute atomic E-state index is 7.39. The van der Waals surface area contributed by atoms with Crippen LogP contribution in [0.25, 0.3) is 33.5 Å². The number of imidazole rings is 4. The average Bonchev–Trinajstić information content (AvgIpc) is 4.15. The SMILES string of the molecule is c1ccc([Si](c2ccccc2)(c2cccc(-n3c4ccccc4n4c5ccccc5nc34)c2)c2cccc3c2Oc2ccccc2C3(Cn2ccnc2)Cn2ccnc2)cc1. The third-order valence-electron chi connectivity index (χ3n) is 12.6. The van der Waals surface area contributed by atoms with Crippen molar-refractivity contribution in [2.24, 2.45) is 0 Å². The molecule has 0 N–H and O–H groups in total. The molecule has 0 fully saturated rings. The quantitative estimate of drug-likeness (QED) is 0.110. The predicted molar refractivity (Wildman–Crippen MR) is 245 cm³/mol. The van der Waals surface area contributed by atoms with Gasteiger partial charge in [-0.1, -0.05) is 133 Å². The zero-order valence-corrected chi connectivity index (χ0v) is 34.2. The predicted octanol–water partition coefficient (Wildman–Crippen LogP) is 7.99. The number of para-hydroxylation sites is 6. The van der Waals surface area contributed by atoms with Gasteiger partial charge in [0, 0.05) is 54.7 Å². The van der Waals surface area contributed by atoms with Gasteiger partial charge in [-0.25, -0.2) is 15.0 Å². The summed E-state index contributed by atoms with van der Waals surface area (Å²) in [7, 11) is -3.24. The van der Waals surface area contributed by atoms with Gasteiger partial charge >= 0.3 is 0 Å². The Morgan fingerprint density at radius 3 is 1.82 bits per heavy atom. The molecule has 0 amide bonds. The van der Waals surface area contributed by atoms with E-state index in [-0.39, 0.29) is 0 Å². The van der Waals surface area contributed by atoms with Gasteiger partial charge in [-0.15, -0.1) is 0 Å². The fraction of sp³-hybridized carbons (Fsp3) is 0.0577. The minimum atomic E-state index is -3.24. The molecule has 8 nitrogen and oxygen atoms in total. The average molecular weight is 806 g/mol. The van der Waals surface area contributed by atoms with Crippen LogP contribution in [0.2, 0.25) is 0 Å². The van der Waals surface area contributed by atoms with Crippen LogP contribution in [-0.2, 0) is 18.5 Å². The molecule has 0 radical (unpaired) electrons. The van der Waals surface area contributed by atoms with Crippen molar-refractivity contribution in [2.75, 3.05) is 0 Å². The molecule has 0 saturated carbocycles. The fourth-order valence-corrected chi connectivity index (χ4v) is 15.0. The van der Waals surface area contributed by atoms with E-state index in [4.69, 9.17) is 9.72 Å². The van der Waals surface area contributed by atoms with Gasteiger partial charge in [0.15, 0.2) is 8.07 Å². The molecule has 11 aromatic rings. The highest BCUT2D eigenvalue weighted by Crippen LogP contribution is 2.50. The van der Waals surface area contributed by atoms with Gasteiger partial charge in [0.25, 0.3) is 0 Å². The maximum Gasteiger partial charge on any atom is 0.220 e. The highest BCUT2D eigenvalue weighted by Gasteiger charge is 2.49. The lowest BCUT2D eigenvalue weighted by Crippen LogP contribution is -2.75. The van der Waals surface area contributed by atoms with Crippen LogP contribution in [0, 0.1) is 0 Å². The first-order chi connectivity index (χ1) is 30.2. The molecule has 0 spiro atoms. The summed E-state index contributed by atoms with van der Waals surface area (Å²) in [5.74, 6) is 2.64. The van der Waals surface area contributed by atoms with Crippen LogP contribution >= 0.6 is 0 Å². The van der Waals surface area contributed by atoms with Crippen LogP contribution in [0.5, 0.6) is 11.5 Å². The molecule has 1 aliphatic rings. The van der Waals surface area contributed by atoms with Crippen LogP contribution in [0.4, 0.5) is 0 Å². The van der Waals surface area contributed by atoms with Crippen molar-refractivity contribution in [3.63, 3.8) is 0 Å². The number of rotatable bonds is 9. The van der Waals surface area contributed by atoms with Gasteiger partial charge in [-0.2, -0.15) is 0 Å². The minimum absolute atomic E-state index is 0.546. The van der Waals surface area contributed by atoms with Gasteiger partial charge in [-0.05, 0) is 63.2 Å². The van der Waals surface area contributed by atoms with Crippen molar-refractivity contribution in [3.05, 3.63) is 224 Å². The zero-order chi connectivity index (χ0) is 40.4. The molecule has 0 atom stereocenters. The van der Waals surface area contributed by atoms with Crippen molar-refractivity contribution in [1.29, 1.82) is 0 Å². The smallest absolute Gasteiger partial charge is 0.220 e. The van der Waals surface area contributed by atoms with Crippen LogP contribution in [0.15, 0.2) is 213 Å². The molecule has 4 aromatic heterocycles. The Morgan fingerprint density at radius 2 is 1.11 bits per heavy atom. The summed E-state index contributed by atoms with van der Waals surface area (Å²) in [6.45, 7) is 1.30. The Balaban J connectivity index is 1.17. The van der Waals surface area contributed by atoms with Crippen LogP contribution in [0.3, 0.4) is 0 Å². The van der Waals surface area contributed by atoms with Crippen molar-refractivity contribution in [3.8, 4) is 17.2 Å². The van der Waals surface area contributed by atoms with Gasteiger partial charge in [-0.3, -0.25) is 8.97 Å². The van der Waals surface area contributed by atoms with E-state index in [2.05, 4.69) is 216 Å². The summed E-state index contributed by atoms with van der Waals surface area (Å²) in [5, 5.41) is 4.94. The van der Waals surface area contributed by atoms with Crippen LogP contribution < -0.4 is 25.5 Å². The molecule has 5 heterocycles. The lowest BCUT2D eigenvalue weighted by atomic mass is 9.72. The standard InChI is InChI=1S/C52H39N7OSi/c1-3-16-39(17-4-1)61(40-18-5-2-6-19-40,41-20-13-15-38(33-41)58-46-25-10-11-26-47(46)59-45-24-9-8-23-44(45)55-51(58)59)49-28-14-22-43-50(49)60-48-27-12-7-21-42(48)52(43,34-56-31-29-53-36-56)35-57-32-30-54-37-57/h1-33,36-37H,34-35H2. The topological polar surface area (TPSA) is 67.1 Å². The van der Waals surface area contributed by atoms with Crippen molar-refractivity contribution in [2.45, 2.75) is 18.5 Å². The molecule has 12 rings (SSSR count). The summed E-state index contributed by atoms with van der Waals surface area (Å²) in [6, 6.07) is 63.8. The van der Waals surface area contributed by atoms with E-state index in [1.165, 1.54) is 20.7 Å². The van der Waals surface area contributed by atoms with Crippen molar-refractivity contribution < 1.29 is 4.74 Å².